The number of carbonyl (C=O) groups excluding carboxylic acids is 1. The molecule has 0 spiro atoms. The van der Waals surface area contributed by atoms with Gasteiger partial charge in [0.2, 0.25) is 0 Å². The van der Waals surface area contributed by atoms with E-state index in [4.69, 9.17) is 5.41 Å². The van der Waals surface area contributed by atoms with Crippen molar-refractivity contribution < 1.29 is 4.79 Å². The molecule has 1 saturated carbocycles. The van der Waals surface area contributed by atoms with Crippen molar-refractivity contribution in [2.75, 3.05) is 14.1 Å². The molecule has 4 heteroatoms. The van der Waals surface area contributed by atoms with E-state index in [1.807, 2.05) is 43.8 Å². The second-order valence-corrected chi connectivity index (χ2v) is 5.37. The maximum Gasteiger partial charge on any atom is 0.145 e. The average molecular weight is 265 g/mol. The molecule has 0 heterocycles. The zero-order chi connectivity index (χ0) is 14.4. The molecule has 108 valence electrons. The third-order valence-corrected chi connectivity index (χ3v) is 3.91. The van der Waals surface area contributed by atoms with E-state index < -0.39 is 0 Å². The molecule has 4 nitrogen and oxygen atoms in total. The minimum atomic E-state index is -0.175. The van der Waals surface area contributed by atoms with Crippen LogP contribution in [0.5, 0.6) is 0 Å². The third-order valence-electron chi connectivity index (χ3n) is 3.91. The Morgan fingerprint density at radius 2 is 1.95 bits per heavy atom. The van der Waals surface area contributed by atoms with Gasteiger partial charge >= 0.3 is 0 Å². The van der Waals surface area contributed by atoms with E-state index in [0.29, 0.717) is 11.9 Å². The molecule has 1 fully saturated rings. The Morgan fingerprint density at radius 1 is 1.37 bits per heavy atom. The number of nitrogens with one attached hydrogen (secondary N) is 1. The summed E-state index contributed by atoms with van der Waals surface area (Å²) in [5, 5.41) is 8.49. The number of aldehydes is 1. The zero-order valence-electron chi connectivity index (χ0n) is 12.6. The predicted octanol–water partition coefficient (Wildman–Crippen LogP) is 2.65. The van der Waals surface area contributed by atoms with Gasteiger partial charge in [-0.25, -0.2) is 0 Å². The molecular weight excluding hydrogens is 238 g/mol. The lowest BCUT2D eigenvalue weighted by molar-refractivity contribution is -0.111. The summed E-state index contributed by atoms with van der Waals surface area (Å²) < 4.78 is 0. The maximum atomic E-state index is 11.3. The van der Waals surface area contributed by atoms with Crippen molar-refractivity contribution in [2.24, 2.45) is 0 Å². The van der Waals surface area contributed by atoms with Crippen LogP contribution in [0.4, 0.5) is 0 Å². The first-order valence-corrected chi connectivity index (χ1v) is 7.22. The van der Waals surface area contributed by atoms with Gasteiger partial charge < -0.3 is 14.6 Å². The Hall–Kier alpha value is -1.32. The van der Waals surface area contributed by atoms with Gasteiger partial charge in [-0.05, 0) is 26.2 Å². The van der Waals surface area contributed by atoms with Crippen LogP contribution in [0.2, 0.25) is 0 Å². The molecule has 19 heavy (non-hydrogen) atoms. The fourth-order valence-corrected chi connectivity index (χ4v) is 2.90. The number of hydrogen-bond donors (Lipinski definition) is 1. The summed E-state index contributed by atoms with van der Waals surface area (Å²) in [6, 6.07) is 0.169. The summed E-state index contributed by atoms with van der Waals surface area (Å²) in [6.45, 7) is 3.96. The second kappa shape index (κ2) is 7.31. The summed E-state index contributed by atoms with van der Waals surface area (Å²) in [7, 11) is 3.89. The number of carbonyl (C=O) groups is 1. The highest BCUT2D eigenvalue weighted by atomic mass is 16.1. The van der Waals surface area contributed by atoms with Crippen molar-refractivity contribution in [3.8, 4) is 0 Å². The van der Waals surface area contributed by atoms with E-state index in [2.05, 4.69) is 0 Å². The highest BCUT2D eigenvalue weighted by molar-refractivity contribution is 5.96. The molecular formula is C15H27N3O. The average Bonchev–Trinajstić information content (AvgIpc) is 2.89. The summed E-state index contributed by atoms with van der Waals surface area (Å²) >= 11 is 0. The summed E-state index contributed by atoms with van der Waals surface area (Å²) in [5.41, 5.74) is 0.882. The Labute approximate surface area is 117 Å². The van der Waals surface area contributed by atoms with Crippen LogP contribution in [-0.2, 0) is 4.79 Å². The minimum absolute atomic E-state index is 0.175. The van der Waals surface area contributed by atoms with Crippen molar-refractivity contribution >= 4 is 12.1 Å². The van der Waals surface area contributed by atoms with Crippen LogP contribution in [0.15, 0.2) is 11.8 Å². The van der Waals surface area contributed by atoms with Crippen LogP contribution < -0.4 is 0 Å². The fraction of sp³-hybridized carbons (Fsp3) is 0.733. The lowest BCUT2D eigenvalue weighted by atomic mass is 10.1. The van der Waals surface area contributed by atoms with Crippen molar-refractivity contribution in [1.82, 2.24) is 9.80 Å². The van der Waals surface area contributed by atoms with Crippen molar-refractivity contribution in [1.29, 1.82) is 5.41 Å². The van der Waals surface area contributed by atoms with Gasteiger partial charge in [0, 0.05) is 20.1 Å². The Kier molecular flexibility index (Phi) is 6.06. The Balaban J connectivity index is 3.01. The molecule has 0 saturated heterocycles. The molecule has 1 aliphatic carbocycles. The van der Waals surface area contributed by atoms with Gasteiger partial charge in [-0.1, -0.05) is 25.8 Å². The fourth-order valence-electron chi connectivity index (χ4n) is 2.90. The van der Waals surface area contributed by atoms with Gasteiger partial charge in [0.15, 0.2) is 0 Å². The molecule has 0 aromatic carbocycles. The number of allylic oxidation sites excluding steroid dienone is 1. The molecule has 0 amide bonds. The van der Waals surface area contributed by atoms with Crippen molar-refractivity contribution in [3.05, 3.63) is 11.8 Å². The second-order valence-electron chi connectivity index (χ2n) is 5.37. The van der Waals surface area contributed by atoms with Crippen molar-refractivity contribution in [3.63, 3.8) is 0 Å². The SMILES string of the molecule is C/C=C(\C(=N)N(C(C=O)CC)C1CCCC1)N(C)C. The van der Waals surface area contributed by atoms with E-state index in [9.17, 15) is 4.79 Å². The lowest BCUT2D eigenvalue weighted by Gasteiger charge is -2.37. The lowest BCUT2D eigenvalue weighted by Crippen LogP contribution is -2.48. The first-order chi connectivity index (χ1) is 9.06. The van der Waals surface area contributed by atoms with Crippen LogP contribution in [-0.4, -0.2) is 48.1 Å². The van der Waals surface area contributed by atoms with E-state index in [1.54, 1.807) is 0 Å². The molecule has 0 radical (unpaired) electrons. The first-order valence-electron chi connectivity index (χ1n) is 7.22. The highest BCUT2D eigenvalue weighted by Crippen LogP contribution is 2.27. The van der Waals surface area contributed by atoms with Gasteiger partial charge in [-0.15, -0.1) is 0 Å². The number of rotatable bonds is 6. The van der Waals surface area contributed by atoms with E-state index in [-0.39, 0.29) is 6.04 Å². The molecule has 0 aromatic rings. The van der Waals surface area contributed by atoms with Crippen LogP contribution >= 0.6 is 0 Å². The van der Waals surface area contributed by atoms with Gasteiger partial charge in [-0.2, -0.15) is 0 Å². The van der Waals surface area contributed by atoms with Crippen LogP contribution in [0, 0.1) is 5.41 Å². The van der Waals surface area contributed by atoms with E-state index >= 15 is 0 Å². The summed E-state index contributed by atoms with van der Waals surface area (Å²) in [6.07, 6.45) is 8.30. The Morgan fingerprint density at radius 3 is 2.32 bits per heavy atom. The van der Waals surface area contributed by atoms with E-state index in [0.717, 1.165) is 31.2 Å². The smallest absolute Gasteiger partial charge is 0.145 e. The normalized spacial score (nSPS) is 18.2. The molecule has 1 N–H and O–H groups in total. The minimum Gasteiger partial charge on any atom is -0.375 e. The Bertz CT molecular complexity index is 343. The van der Waals surface area contributed by atoms with Gasteiger partial charge in [0.05, 0.1) is 11.7 Å². The largest absolute Gasteiger partial charge is 0.375 e. The molecule has 0 aliphatic heterocycles. The van der Waals surface area contributed by atoms with Gasteiger partial charge in [0.25, 0.3) is 0 Å². The standard InChI is InChI=1S/C15H27N3O/c1-5-12(11-19)18(13-9-7-8-10-13)15(16)14(6-2)17(3)4/h6,11-13,16H,5,7-10H2,1-4H3/b14-6+,16-15?. The van der Waals surface area contributed by atoms with Gasteiger partial charge in [0.1, 0.15) is 12.1 Å². The zero-order valence-corrected chi connectivity index (χ0v) is 12.6. The predicted molar refractivity (Wildman–Crippen MR) is 79.4 cm³/mol. The summed E-state index contributed by atoms with van der Waals surface area (Å²) in [5.74, 6) is 0.485. The number of nitrogens with zero attached hydrogens (tertiary/aromatic N) is 2. The van der Waals surface area contributed by atoms with Crippen LogP contribution in [0.1, 0.15) is 46.0 Å². The van der Waals surface area contributed by atoms with Crippen LogP contribution in [0.3, 0.4) is 0 Å². The number of amidine groups is 1. The number of likely N-dealkylation sites (N-methyl/N-ethyl adjacent to an activating group) is 1. The molecule has 1 unspecified atom stereocenters. The molecule has 1 aliphatic rings. The highest BCUT2D eigenvalue weighted by Gasteiger charge is 2.31. The van der Waals surface area contributed by atoms with Crippen molar-refractivity contribution in [2.45, 2.75) is 58.0 Å². The monoisotopic (exact) mass is 265 g/mol. The molecule has 1 atom stereocenters. The molecule has 0 aromatic heterocycles. The quantitative estimate of drug-likeness (QED) is 0.456. The van der Waals surface area contributed by atoms with Crippen LogP contribution in [0.25, 0.3) is 0 Å². The first kappa shape index (κ1) is 15.7. The maximum absolute atomic E-state index is 11.3. The van der Waals surface area contributed by atoms with E-state index in [1.165, 1.54) is 12.8 Å². The molecule has 0 bridgehead atoms. The topological polar surface area (TPSA) is 47.4 Å². The summed E-state index contributed by atoms with van der Waals surface area (Å²) in [4.78, 5) is 15.3. The molecule has 1 rings (SSSR count). The number of hydrogen-bond acceptors (Lipinski definition) is 3. The third kappa shape index (κ3) is 3.58. The van der Waals surface area contributed by atoms with Gasteiger partial charge in [-0.3, -0.25) is 5.41 Å².